The highest BCUT2D eigenvalue weighted by molar-refractivity contribution is 6.32. The first kappa shape index (κ1) is 16.9. The van der Waals surface area contributed by atoms with Crippen LogP contribution in [0.15, 0.2) is 30.3 Å². The zero-order chi connectivity index (χ0) is 17.1. The summed E-state index contributed by atoms with van der Waals surface area (Å²) in [6, 6.07) is 8.67. The van der Waals surface area contributed by atoms with E-state index in [0.29, 0.717) is 11.1 Å². The minimum atomic E-state index is -1.04. The third-order valence-electron chi connectivity index (χ3n) is 3.50. The Balaban J connectivity index is 2.63. The molecule has 0 fully saturated rings. The lowest BCUT2D eigenvalue weighted by Gasteiger charge is -2.10. The van der Waals surface area contributed by atoms with Crippen LogP contribution in [-0.4, -0.2) is 23.3 Å². The van der Waals surface area contributed by atoms with Crippen LogP contribution in [0.2, 0.25) is 5.02 Å². The molecule has 0 aliphatic heterocycles. The molecule has 2 aromatic rings. The van der Waals surface area contributed by atoms with Gasteiger partial charge in [-0.1, -0.05) is 35.4 Å². The van der Waals surface area contributed by atoms with Crippen molar-refractivity contribution in [1.29, 1.82) is 0 Å². The van der Waals surface area contributed by atoms with Crippen molar-refractivity contribution in [2.45, 2.75) is 13.8 Å². The standard InChI is InChI=1S/C18H17ClO4/c1-10-4-5-11(2)13(6-10)14(18(21)22)7-12-8-15(19)17(20)16(9-12)23-3/h4-9,20H,1-3H3,(H,21,22)/b14-7-. The van der Waals surface area contributed by atoms with Crippen LogP contribution in [0.25, 0.3) is 11.6 Å². The monoisotopic (exact) mass is 332 g/mol. The van der Waals surface area contributed by atoms with E-state index < -0.39 is 5.97 Å². The third kappa shape index (κ3) is 3.66. The van der Waals surface area contributed by atoms with Gasteiger partial charge in [0.2, 0.25) is 0 Å². The van der Waals surface area contributed by atoms with Gasteiger partial charge in [0.05, 0.1) is 17.7 Å². The molecule has 0 saturated carbocycles. The van der Waals surface area contributed by atoms with Gasteiger partial charge in [-0.05, 0) is 48.7 Å². The average molecular weight is 333 g/mol. The minimum Gasteiger partial charge on any atom is -0.503 e. The Kier molecular flexibility index (Phi) is 4.96. The number of phenolic OH excluding ortho intramolecular Hbond substituents is 1. The van der Waals surface area contributed by atoms with Crippen molar-refractivity contribution in [3.05, 3.63) is 57.6 Å². The van der Waals surface area contributed by atoms with Crippen molar-refractivity contribution in [3.63, 3.8) is 0 Å². The van der Waals surface area contributed by atoms with E-state index in [0.717, 1.165) is 11.1 Å². The molecule has 0 unspecified atom stereocenters. The van der Waals surface area contributed by atoms with Crippen molar-refractivity contribution < 1.29 is 19.7 Å². The normalized spacial score (nSPS) is 11.4. The predicted molar refractivity (Wildman–Crippen MR) is 91.1 cm³/mol. The molecule has 120 valence electrons. The van der Waals surface area contributed by atoms with Gasteiger partial charge in [-0.3, -0.25) is 0 Å². The second-order valence-electron chi connectivity index (χ2n) is 5.24. The molecule has 0 saturated heterocycles. The molecule has 0 aliphatic rings. The second-order valence-corrected chi connectivity index (χ2v) is 5.64. The van der Waals surface area contributed by atoms with E-state index in [-0.39, 0.29) is 22.1 Å². The first-order chi connectivity index (χ1) is 10.8. The van der Waals surface area contributed by atoms with Crippen molar-refractivity contribution in [2.24, 2.45) is 0 Å². The van der Waals surface area contributed by atoms with Gasteiger partial charge in [0.1, 0.15) is 0 Å². The largest absolute Gasteiger partial charge is 0.503 e. The van der Waals surface area contributed by atoms with Gasteiger partial charge in [0.15, 0.2) is 11.5 Å². The Labute approximate surface area is 139 Å². The molecule has 2 N–H and O–H groups in total. The summed E-state index contributed by atoms with van der Waals surface area (Å²) >= 11 is 5.96. The highest BCUT2D eigenvalue weighted by Gasteiger charge is 2.15. The van der Waals surface area contributed by atoms with E-state index in [1.54, 1.807) is 0 Å². The molecule has 0 spiro atoms. The topological polar surface area (TPSA) is 66.8 Å². The average Bonchev–Trinajstić information content (AvgIpc) is 2.50. The maximum Gasteiger partial charge on any atom is 0.336 e. The summed E-state index contributed by atoms with van der Waals surface area (Å²) in [6.07, 6.45) is 1.51. The number of aromatic hydroxyl groups is 1. The van der Waals surface area contributed by atoms with Crippen LogP contribution in [-0.2, 0) is 4.79 Å². The summed E-state index contributed by atoms with van der Waals surface area (Å²) in [5, 5.41) is 19.4. The predicted octanol–water partition coefficient (Wildman–Crippen LogP) is 4.30. The van der Waals surface area contributed by atoms with E-state index in [9.17, 15) is 15.0 Å². The lowest BCUT2D eigenvalue weighted by molar-refractivity contribution is -0.130. The Morgan fingerprint density at radius 2 is 1.91 bits per heavy atom. The van der Waals surface area contributed by atoms with Crippen LogP contribution in [0.5, 0.6) is 11.5 Å². The first-order valence-electron chi connectivity index (χ1n) is 6.92. The number of methoxy groups -OCH3 is 1. The molecule has 0 bridgehead atoms. The van der Waals surface area contributed by atoms with E-state index in [1.807, 2.05) is 32.0 Å². The van der Waals surface area contributed by atoms with Gasteiger partial charge < -0.3 is 14.9 Å². The SMILES string of the molecule is COc1cc(/C=C(\C(=O)O)c2cc(C)ccc2C)cc(Cl)c1O. The number of hydrogen-bond donors (Lipinski definition) is 2. The van der Waals surface area contributed by atoms with Crippen molar-refractivity contribution >= 4 is 29.2 Å². The van der Waals surface area contributed by atoms with Gasteiger partial charge >= 0.3 is 5.97 Å². The maximum absolute atomic E-state index is 11.7. The number of aliphatic carboxylic acids is 1. The molecular formula is C18H17ClO4. The molecule has 0 aromatic heterocycles. The molecule has 0 amide bonds. The Morgan fingerprint density at radius 1 is 1.22 bits per heavy atom. The Morgan fingerprint density at radius 3 is 2.52 bits per heavy atom. The highest BCUT2D eigenvalue weighted by atomic mass is 35.5. The fourth-order valence-corrected chi connectivity index (χ4v) is 2.50. The second kappa shape index (κ2) is 6.75. The number of carboxylic acids is 1. The fraction of sp³-hybridized carbons (Fsp3) is 0.167. The fourth-order valence-electron chi connectivity index (χ4n) is 2.28. The summed E-state index contributed by atoms with van der Waals surface area (Å²) in [4.78, 5) is 11.7. The first-order valence-corrected chi connectivity index (χ1v) is 7.30. The van der Waals surface area contributed by atoms with Gasteiger partial charge in [0, 0.05) is 0 Å². The quantitative estimate of drug-likeness (QED) is 0.647. The van der Waals surface area contributed by atoms with Crippen molar-refractivity contribution in [1.82, 2.24) is 0 Å². The Bertz CT molecular complexity index is 794. The molecule has 23 heavy (non-hydrogen) atoms. The molecular weight excluding hydrogens is 316 g/mol. The van der Waals surface area contributed by atoms with Crippen LogP contribution in [0.4, 0.5) is 0 Å². The lowest BCUT2D eigenvalue weighted by atomic mass is 9.96. The number of halogens is 1. The zero-order valence-corrected chi connectivity index (χ0v) is 13.8. The smallest absolute Gasteiger partial charge is 0.336 e. The molecule has 0 radical (unpaired) electrons. The highest BCUT2D eigenvalue weighted by Crippen LogP contribution is 2.36. The van der Waals surface area contributed by atoms with Crippen molar-refractivity contribution in [2.75, 3.05) is 7.11 Å². The molecule has 0 atom stereocenters. The number of carbonyl (C=O) groups is 1. The number of hydrogen-bond acceptors (Lipinski definition) is 3. The molecule has 5 heteroatoms. The zero-order valence-electron chi connectivity index (χ0n) is 13.1. The summed E-state index contributed by atoms with van der Waals surface area (Å²) in [5.41, 5.74) is 3.15. The van der Waals surface area contributed by atoms with Crippen LogP contribution in [0, 0.1) is 13.8 Å². The number of aryl methyl sites for hydroxylation is 2. The number of rotatable bonds is 4. The summed E-state index contributed by atoms with van der Waals surface area (Å²) < 4.78 is 5.05. The summed E-state index contributed by atoms with van der Waals surface area (Å²) in [6.45, 7) is 3.76. The van der Waals surface area contributed by atoms with Crippen molar-refractivity contribution in [3.8, 4) is 11.5 Å². The van der Waals surface area contributed by atoms with Crippen LogP contribution >= 0.6 is 11.6 Å². The van der Waals surface area contributed by atoms with Gasteiger partial charge in [0.25, 0.3) is 0 Å². The number of ether oxygens (including phenoxy) is 1. The molecule has 0 aliphatic carbocycles. The van der Waals surface area contributed by atoms with Crippen LogP contribution in [0.1, 0.15) is 22.3 Å². The molecule has 4 nitrogen and oxygen atoms in total. The molecule has 0 heterocycles. The number of phenols is 1. The molecule has 2 aromatic carbocycles. The van der Waals surface area contributed by atoms with E-state index in [4.69, 9.17) is 16.3 Å². The van der Waals surface area contributed by atoms with Gasteiger partial charge in [-0.2, -0.15) is 0 Å². The van der Waals surface area contributed by atoms with E-state index >= 15 is 0 Å². The maximum atomic E-state index is 11.7. The van der Waals surface area contributed by atoms with Gasteiger partial charge in [-0.25, -0.2) is 4.79 Å². The summed E-state index contributed by atoms with van der Waals surface area (Å²) in [7, 11) is 1.40. The summed E-state index contributed by atoms with van der Waals surface area (Å²) in [5.74, 6) is -1.02. The van der Waals surface area contributed by atoms with E-state index in [2.05, 4.69) is 0 Å². The Hall–Kier alpha value is -2.46. The van der Waals surface area contributed by atoms with E-state index in [1.165, 1.54) is 25.3 Å². The van der Waals surface area contributed by atoms with Crippen LogP contribution < -0.4 is 4.74 Å². The minimum absolute atomic E-state index is 0.0984. The molecule has 2 rings (SSSR count). The lowest BCUT2D eigenvalue weighted by Crippen LogP contribution is -2.02. The number of carboxylic acid groups (broad SMARTS) is 1. The third-order valence-corrected chi connectivity index (χ3v) is 3.78. The van der Waals surface area contributed by atoms with Crippen LogP contribution in [0.3, 0.4) is 0 Å². The number of benzene rings is 2. The van der Waals surface area contributed by atoms with Gasteiger partial charge in [-0.15, -0.1) is 0 Å².